The first kappa shape index (κ1) is 16.2. The summed E-state index contributed by atoms with van der Waals surface area (Å²) in [6.07, 6.45) is 0. The molecule has 2 aliphatic heterocycles. The quantitative estimate of drug-likeness (QED) is 0.431. The smallest absolute Gasteiger partial charge is 0.355 e. The molecule has 2 amide bonds. The summed E-state index contributed by atoms with van der Waals surface area (Å²) in [5.41, 5.74) is 0.0279. The molecule has 1 aromatic rings. The molecular formula is C14H11BrN4O5. The maximum absolute atomic E-state index is 12.7. The third-order valence-corrected chi connectivity index (χ3v) is 4.16. The van der Waals surface area contributed by atoms with Crippen LogP contribution >= 0.6 is 15.9 Å². The molecule has 10 heteroatoms. The van der Waals surface area contributed by atoms with E-state index in [1.807, 2.05) is 0 Å². The summed E-state index contributed by atoms with van der Waals surface area (Å²) in [6.45, 7) is 1.66. The van der Waals surface area contributed by atoms with E-state index in [0.29, 0.717) is 15.3 Å². The lowest BCUT2D eigenvalue weighted by Crippen LogP contribution is -2.36. The maximum Gasteiger partial charge on any atom is 0.355 e. The van der Waals surface area contributed by atoms with Gasteiger partial charge in [0.2, 0.25) is 5.91 Å². The van der Waals surface area contributed by atoms with Gasteiger partial charge in [0.05, 0.1) is 17.6 Å². The van der Waals surface area contributed by atoms with Crippen molar-refractivity contribution in [1.82, 2.24) is 5.12 Å². The second-order valence-corrected chi connectivity index (χ2v) is 5.94. The van der Waals surface area contributed by atoms with E-state index >= 15 is 0 Å². The van der Waals surface area contributed by atoms with Crippen LogP contribution in [0.2, 0.25) is 0 Å². The normalized spacial score (nSPS) is 22.5. The zero-order valence-electron chi connectivity index (χ0n) is 12.4. The molecule has 1 saturated heterocycles. The number of nitrogens with zero attached hydrogens (tertiary/aromatic N) is 4. The number of fused-ring (bicyclic) bond motifs is 1. The Balaban J connectivity index is 2.02. The molecule has 24 heavy (non-hydrogen) atoms. The predicted molar refractivity (Wildman–Crippen MR) is 85.6 cm³/mol. The Kier molecular flexibility index (Phi) is 4.14. The summed E-state index contributed by atoms with van der Waals surface area (Å²) in [5, 5.41) is 6.86. The molecule has 1 fully saturated rings. The van der Waals surface area contributed by atoms with Gasteiger partial charge in [-0.25, -0.2) is 9.69 Å². The van der Waals surface area contributed by atoms with E-state index in [1.165, 1.54) is 0 Å². The first-order valence-corrected chi connectivity index (χ1v) is 7.80. The molecule has 0 N–H and O–H groups in total. The van der Waals surface area contributed by atoms with Crippen molar-refractivity contribution in [3.8, 4) is 0 Å². The molecule has 124 valence electrons. The van der Waals surface area contributed by atoms with Gasteiger partial charge in [0.1, 0.15) is 5.92 Å². The van der Waals surface area contributed by atoms with Crippen LogP contribution in [0.5, 0.6) is 0 Å². The van der Waals surface area contributed by atoms with Gasteiger partial charge in [-0.2, -0.15) is 0 Å². The average Bonchev–Trinajstić information content (AvgIpc) is 3.05. The largest absolute Gasteiger partial charge is 0.461 e. The van der Waals surface area contributed by atoms with Crippen LogP contribution in [0, 0.1) is 10.8 Å². The van der Waals surface area contributed by atoms with Gasteiger partial charge in [-0.15, -0.1) is 15.1 Å². The fraction of sp³-hybridized carbons (Fsp3) is 0.286. The number of hydrogen-bond acceptors (Lipinski definition) is 7. The Morgan fingerprint density at radius 2 is 2.12 bits per heavy atom. The standard InChI is InChI=1S/C14H11BrN4O5/c1-2-24-14(22)10-9-11(19(16-10)17-23)13(21)18(12(9)20)8-5-3-4-7(15)6-8/h3-6,9,11H,2H2,1H3/t9-,11+/m0/s1. The SMILES string of the molecule is CCOC(=O)C1=NN(N=O)[C@H]2C(=O)N(c3cccc(Br)c3)C(=O)[C@@H]12. The molecule has 0 radical (unpaired) electrons. The van der Waals surface area contributed by atoms with Crippen LogP contribution in [0.3, 0.4) is 0 Å². The topological polar surface area (TPSA) is 109 Å². The number of hydrogen-bond donors (Lipinski definition) is 0. The van der Waals surface area contributed by atoms with Crippen molar-refractivity contribution < 1.29 is 19.1 Å². The van der Waals surface area contributed by atoms with E-state index < -0.39 is 29.7 Å². The van der Waals surface area contributed by atoms with Gasteiger partial charge in [-0.05, 0) is 25.1 Å². The lowest BCUT2D eigenvalue weighted by molar-refractivity contribution is -0.136. The fourth-order valence-corrected chi connectivity index (χ4v) is 3.09. The number of ether oxygens (including phenoxy) is 1. The van der Waals surface area contributed by atoms with Crippen LogP contribution < -0.4 is 4.90 Å². The Morgan fingerprint density at radius 1 is 1.38 bits per heavy atom. The summed E-state index contributed by atoms with van der Waals surface area (Å²) in [7, 11) is 0. The Labute approximate surface area is 144 Å². The highest BCUT2D eigenvalue weighted by Gasteiger charge is 2.59. The van der Waals surface area contributed by atoms with Crippen molar-refractivity contribution in [2.45, 2.75) is 13.0 Å². The second kappa shape index (κ2) is 6.11. The highest BCUT2D eigenvalue weighted by atomic mass is 79.9. The van der Waals surface area contributed by atoms with Crippen molar-refractivity contribution in [1.29, 1.82) is 0 Å². The van der Waals surface area contributed by atoms with Gasteiger partial charge in [-0.3, -0.25) is 9.59 Å². The highest BCUT2D eigenvalue weighted by molar-refractivity contribution is 9.10. The molecule has 0 aromatic heterocycles. The summed E-state index contributed by atoms with van der Waals surface area (Å²) in [5.74, 6) is -3.39. The monoisotopic (exact) mass is 394 g/mol. The number of amides is 2. The van der Waals surface area contributed by atoms with Gasteiger partial charge in [0.25, 0.3) is 5.91 Å². The van der Waals surface area contributed by atoms with Gasteiger partial charge < -0.3 is 4.74 Å². The minimum Gasteiger partial charge on any atom is -0.461 e. The predicted octanol–water partition coefficient (Wildman–Crippen LogP) is 1.22. The van der Waals surface area contributed by atoms with Crippen molar-refractivity contribution in [2.24, 2.45) is 16.3 Å². The van der Waals surface area contributed by atoms with E-state index in [2.05, 4.69) is 26.3 Å². The van der Waals surface area contributed by atoms with E-state index in [-0.39, 0.29) is 12.3 Å². The molecule has 0 aliphatic carbocycles. The number of halogens is 1. The van der Waals surface area contributed by atoms with Gasteiger partial charge in [-0.1, -0.05) is 22.0 Å². The number of hydrazone groups is 1. The highest BCUT2D eigenvalue weighted by Crippen LogP contribution is 2.36. The molecule has 9 nitrogen and oxygen atoms in total. The number of rotatable bonds is 4. The molecule has 1 aromatic carbocycles. The molecule has 0 spiro atoms. The van der Waals surface area contributed by atoms with Crippen LogP contribution in [0.4, 0.5) is 5.69 Å². The number of esters is 1. The number of imide groups is 1. The minimum absolute atomic E-state index is 0.0707. The number of nitroso groups, excluding NO2 is 1. The lowest BCUT2D eigenvalue weighted by Gasteiger charge is -2.16. The van der Waals surface area contributed by atoms with Crippen molar-refractivity contribution in [2.75, 3.05) is 11.5 Å². The fourth-order valence-electron chi connectivity index (χ4n) is 2.70. The molecular weight excluding hydrogens is 384 g/mol. The van der Waals surface area contributed by atoms with E-state index in [4.69, 9.17) is 4.74 Å². The molecule has 0 bridgehead atoms. The zero-order chi connectivity index (χ0) is 17.4. The Bertz CT molecular complexity index is 780. The molecule has 2 atom stereocenters. The number of benzene rings is 1. The van der Waals surface area contributed by atoms with E-state index in [0.717, 1.165) is 4.90 Å². The number of anilines is 1. The van der Waals surface area contributed by atoms with E-state index in [9.17, 15) is 19.3 Å². The first-order valence-electron chi connectivity index (χ1n) is 7.01. The minimum atomic E-state index is -1.27. The summed E-state index contributed by atoms with van der Waals surface area (Å²) < 4.78 is 5.51. The van der Waals surface area contributed by atoms with Crippen molar-refractivity contribution in [3.05, 3.63) is 33.6 Å². The van der Waals surface area contributed by atoms with Crippen LogP contribution in [0.15, 0.2) is 39.1 Å². The van der Waals surface area contributed by atoms with Gasteiger partial charge >= 0.3 is 5.97 Å². The van der Waals surface area contributed by atoms with Crippen LogP contribution in [0.25, 0.3) is 0 Å². The van der Waals surface area contributed by atoms with Crippen LogP contribution in [0.1, 0.15) is 6.92 Å². The van der Waals surface area contributed by atoms with Gasteiger partial charge in [0, 0.05) is 4.47 Å². The average molecular weight is 395 g/mol. The van der Waals surface area contributed by atoms with Crippen molar-refractivity contribution >= 4 is 45.1 Å². The Hall–Kier alpha value is -2.62. The van der Waals surface area contributed by atoms with Crippen LogP contribution in [-0.4, -0.2) is 41.3 Å². The van der Waals surface area contributed by atoms with Crippen molar-refractivity contribution in [3.63, 3.8) is 0 Å². The molecule has 0 saturated carbocycles. The van der Waals surface area contributed by atoms with Crippen LogP contribution in [-0.2, 0) is 19.1 Å². The third-order valence-electron chi connectivity index (χ3n) is 3.66. The van der Waals surface area contributed by atoms with E-state index in [1.54, 1.807) is 31.2 Å². The second-order valence-electron chi connectivity index (χ2n) is 5.02. The summed E-state index contributed by atoms with van der Waals surface area (Å²) >= 11 is 3.27. The molecule has 2 heterocycles. The Morgan fingerprint density at radius 3 is 2.75 bits per heavy atom. The third kappa shape index (κ3) is 2.39. The summed E-state index contributed by atoms with van der Waals surface area (Å²) in [6, 6.07) is 5.27. The number of carbonyl (C=O) groups is 3. The lowest BCUT2D eigenvalue weighted by atomic mass is 9.98. The molecule has 0 unspecified atom stereocenters. The first-order chi connectivity index (χ1) is 11.5. The number of carbonyl (C=O) groups excluding carboxylic acids is 3. The van der Waals surface area contributed by atoms with Gasteiger partial charge in [0.15, 0.2) is 11.8 Å². The summed E-state index contributed by atoms with van der Waals surface area (Å²) in [4.78, 5) is 49.2. The molecule has 2 aliphatic rings. The maximum atomic E-state index is 12.7. The molecule has 3 rings (SSSR count). The zero-order valence-corrected chi connectivity index (χ0v) is 14.0.